The van der Waals surface area contributed by atoms with Crippen LogP contribution in [0.4, 0.5) is 16.4 Å². The first-order valence-corrected chi connectivity index (χ1v) is 12.3. The lowest BCUT2D eigenvalue weighted by atomic mass is 10.1. The number of rotatable bonds is 8. The summed E-state index contributed by atoms with van der Waals surface area (Å²) in [7, 11) is 0. The summed E-state index contributed by atoms with van der Waals surface area (Å²) < 4.78 is 0. The van der Waals surface area contributed by atoms with Gasteiger partial charge in [-0.1, -0.05) is 48.0 Å². The third kappa shape index (κ3) is 6.07. The number of nitrogens with zero attached hydrogens (tertiary/aromatic N) is 2. The van der Waals surface area contributed by atoms with Crippen LogP contribution < -0.4 is 26.3 Å². The fraction of sp³-hybridized carbons (Fsp3) is 0.107. The zero-order chi connectivity index (χ0) is 28.1. The molecule has 4 amide bonds. The largest absolute Gasteiger partial charge is 0.378 e. The van der Waals surface area contributed by atoms with Crippen molar-refractivity contribution in [2.45, 2.75) is 20.4 Å². The van der Waals surface area contributed by atoms with Gasteiger partial charge in [-0.2, -0.15) is 5.48 Å². The fourth-order valence-electron chi connectivity index (χ4n) is 3.97. The molecule has 0 saturated carbocycles. The van der Waals surface area contributed by atoms with Gasteiger partial charge in [0, 0.05) is 18.3 Å². The smallest absolute Gasteiger partial charge is 0.348 e. The minimum Gasteiger partial charge on any atom is -0.378 e. The van der Waals surface area contributed by atoms with E-state index < -0.39 is 17.8 Å². The number of carbonyl (C=O) groups excluding carboxylic acids is 3. The van der Waals surface area contributed by atoms with Crippen molar-refractivity contribution in [3.63, 3.8) is 0 Å². The van der Waals surface area contributed by atoms with Gasteiger partial charge in [0.1, 0.15) is 5.69 Å². The monoisotopic (exact) mass is 538 g/mol. The molecule has 40 heavy (non-hydrogen) atoms. The van der Waals surface area contributed by atoms with E-state index in [1.165, 1.54) is 6.33 Å². The van der Waals surface area contributed by atoms with Gasteiger partial charge < -0.3 is 25.4 Å². The summed E-state index contributed by atoms with van der Waals surface area (Å²) in [5, 5.41) is 8.12. The predicted molar refractivity (Wildman–Crippen MR) is 149 cm³/mol. The zero-order valence-electron chi connectivity index (χ0n) is 21.7. The van der Waals surface area contributed by atoms with Gasteiger partial charge in [-0.15, -0.1) is 0 Å². The first kappa shape index (κ1) is 26.0. The van der Waals surface area contributed by atoms with Gasteiger partial charge in [-0.25, -0.2) is 14.8 Å². The average molecular weight is 539 g/mol. The highest BCUT2D eigenvalue weighted by Crippen LogP contribution is 2.21. The summed E-state index contributed by atoms with van der Waals surface area (Å²) in [4.78, 5) is 57.3. The highest BCUT2D eigenvalue weighted by atomic mass is 16.7. The van der Waals surface area contributed by atoms with Crippen molar-refractivity contribution >= 4 is 40.5 Å². The maximum atomic E-state index is 12.9. The SMILES string of the molecule is Cc1ccc(NC(=O)c2nc[nH]c2C(=O)Nc2nc3cc(ONC(=O)NCc4ccccc4)ccc3[nH]2)c(C)c1. The van der Waals surface area contributed by atoms with Crippen molar-refractivity contribution in [3.05, 3.63) is 101 Å². The molecular formula is C28H26N8O4. The number of hydrogen-bond donors (Lipinski definition) is 6. The van der Waals surface area contributed by atoms with E-state index in [0.29, 0.717) is 29.0 Å². The summed E-state index contributed by atoms with van der Waals surface area (Å²) >= 11 is 0. The van der Waals surface area contributed by atoms with Crippen LogP contribution in [-0.4, -0.2) is 37.8 Å². The number of H-pyrrole nitrogens is 2. The van der Waals surface area contributed by atoms with Crippen LogP contribution in [-0.2, 0) is 6.54 Å². The summed E-state index contributed by atoms with van der Waals surface area (Å²) in [5.74, 6) is -0.632. The van der Waals surface area contributed by atoms with E-state index in [1.807, 2.05) is 56.3 Å². The third-order valence-electron chi connectivity index (χ3n) is 5.96. The highest BCUT2D eigenvalue weighted by molar-refractivity contribution is 6.13. The number of hydrogen-bond acceptors (Lipinski definition) is 6. The van der Waals surface area contributed by atoms with Crippen molar-refractivity contribution in [1.82, 2.24) is 30.7 Å². The Kier molecular flexibility index (Phi) is 7.40. The lowest BCUT2D eigenvalue weighted by Gasteiger charge is -2.09. The van der Waals surface area contributed by atoms with Crippen LogP contribution in [0.15, 0.2) is 73.1 Å². The summed E-state index contributed by atoms with van der Waals surface area (Å²) in [6, 6.07) is 19.5. The number of imidazole rings is 2. The van der Waals surface area contributed by atoms with E-state index in [0.717, 1.165) is 16.7 Å². The Labute approximate surface area is 228 Å². The minimum atomic E-state index is -0.601. The van der Waals surface area contributed by atoms with E-state index in [2.05, 4.69) is 41.4 Å². The maximum Gasteiger partial charge on any atom is 0.348 e. The Bertz CT molecular complexity index is 1690. The fourth-order valence-corrected chi connectivity index (χ4v) is 3.97. The molecule has 5 aromatic rings. The molecule has 12 heteroatoms. The number of fused-ring (bicyclic) bond motifs is 1. The first-order chi connectivity index (χ1) is 19.4. The molecule has 0 aliphatic carbocycles. The molecular weight excluding hydrogens is 512 g/mol. The third-order valence-corrected chi connectivity index (χ3v) is 5.96. The van der Waals surface area contributed by atoms with Gasteiger partial charge in [0.25, 0.3) is 11.8 Å². The van der Waals surface area contributed by atoms with E-state index in [-0.39, 0.29) is 17.3 Å². The zero-order valence-corrected chi connectivity index (χ0v) is 21.7. The van der Waals surface area contributed by atoms with Crippen LogP contribution in [0, 0.1) is 13.8 Å². The van der Waals surface area contributed by atoms with Crippen molar-refractivity contribution in [2.75, 3.05) is 10.6 Å². The van der Waals surface area contributed by atoms with E-state index >= 15 is 0 Å². The van der Waals surface area contributed by atoms with Crippen LogP contribution in [0.3, 0.4) is 0 Å². The molecule has 0 aliphatic rings. The number of nitrogens with one attached hydrogen (secondary N) is 6. The number of benzene rings is 3. The average Bonchev–Trinajstić information content (AvgIpc) is 3.60. The first-order valence-electron chi connectivity index (χ1n) is 12.3. The van der Waals surface area contributed by atoms with Crippen molar-refractivity contribution in [3.8, 4) is 5.75 Å². The normalized spacial score (nSPS) is 10.7. The molecule has 0 saturated heterocycles. The Morgan fingerprint density at radius 2 is 1.75 bits per heavy atom. The molecule has 0 unspecified atom stereocenters. The van der Waals surface area contributed by atoms with E-state index in [9.17, 15) is 14.4 Å². The molecule has 0 atom stereocenters. The van der Waals surface area contributed by atoms with E-state index in [4.69, 9.17) is 4.84 Å². The second-order valence-corrected chi connectivity index (χ2v) is 8.99. The van der Waals surface area contributed by atoms with Gasteiger partial charge in [-0.3, -0.25) is 14.9 Å². The Balaban J connectivity index is 1.20. The van der Waals surface area contributed by atoms with Gasteiger partial charge in [0.15, 0.2) is 11.4 Å². The molecule has 2 aromatic heterocycles. The number of carbonyl (C=O) groups is 3. The molecule has 0 radical (unpaired) electrons. The van der Waals surface area contributed by atoms with Crippen molar-refractivity contribution in [1.29, 1.82) is 0 Å². The second kappa shape index (κ2) is 11.4. The van der Waals surface area contributed by atoms with Crippen LogP contribution >= 0.6 is 0 Å². The second-order valence-electron chi connectivity index (χ2n) is 8.99. The molecule has 0 fully saturated rings. The number of aryl methyl sites for hydroxylation is 2. The molecule has 0 aliphatic heterocycles. The highest BCUT2D eigenvalue weighted by Gasteiger charge is 2.22. The van der Waals surface area contributed by atoms with Gasteiger partial charge in [0.05, 0.1) is 17.4 Å². The van der Waals surface area contributed by atoms with Crippen molar-refractivity contribution in [2.24, 2.45) is 0 Å². The number of aromatic nitrogens is 4. The van der Waals surface area contributed by atoms with Crippen LogP contribution in [0.25, 0.3) is 11.0 Å². The van der Waals surface area contributed by atoms with Crippen LogP contribution in [0.2, 0.25) is 0 Å². The van der Waals surface area contributed by atoms with Gasteiger partial charge in [0.2, 0.25) is 5.95 Å². The number of amides is 4. The van der Waals surface area contributed by atoms with Crippen molar-refractivity contribution < 1.29 is 19.2 Å². The van der Waals surface area contributed by atoms with Crippen LogP contribution in [0.5, 0.6) is 5.75 Å². The lowest BCUT2D eigenvalue weighted by Crippen LogP contribution is -2.37. The maximum absolute atomic E-state index is 12.9. The molecule has 6 N–H and O–H groups in total. The van der Waals surface area contributed by atoms with Gasteiger partial charge in [-0.05, 0) is 43.2 Å². The quantitative estimate of drug-likeness (QED) is 0.162. The standard InChI is InChI=1S/C28H26N8O4/c1-16-8-10-20(17(2)12-16)32-25(37)23-24(31-15-30-23)26(38)35-27-33-21-11-9-19(13-22(21)34-27)40-36-28(39)29-14-18-6-4-3-5-7-18/h3-13,15H,14H2,1-2H3,(H,30,31)(H,32,37)(H2,29,36,39)(H2,33,34,35,38). The van der Waals surface area contributed by atoms with E-state index in [1.54, 1.807) is 24.3 Å². The summed E-state index contributed by atoms with van der Waals surface area (Å²) in [5.41, 5.74) is 6.90. The molecule has 12 nitrogen and oxygen atoms in total. The summed E-state index contributed by atoms with van der Waals surface area (Å²) in [6.07, 6.45) is 1.27. The topological polar surface area (TPSA) is 166 Å². The Hall–Kier alpha value is -5.65. The molecule has 2 heterocycles. The van der Waals surface area contributed by atoms with Gasteiger partial charge >= 0.3 is 6.03 Å². The Morgan fingerprint density at radius 1 is 0.925 bits per heavy atom. The molecule has 0 spiro atoms. The molecule has 5 rings (SSSR count). The number of anilines is 2. The molecule has 202 valence electrons. The summed E-state index contributed by atoms with van der Waals surface area (Å²) in [6.45, 7) is 4.20. The Morgan fingerprint density at radius 3 is 2.55 bits per heavy atom. The number of aromatic amines is 2. The lowest BCUT2D eigenvalue weighted by molar-refractivity contribution is 0.0985. The molecule has 0 bridgehead atoms. The number of hydroxylamine groups is 1. The van der Waals surface area contributed by atoms with Crippen LogP contribution in [0.1, 0.15) is 37.7 Å². The predicted octanol–water partition coefficient (Wildman–Crippen LogP) is 4.20. The number of urea groups is 1. The minimum absolute atomic E-state index is 0.0162. The molecule has 3 aromatic carbocycles.